The molecule has 0 fully saturated rings. The molecule has 6 aromatic carbocycles. The lowest BCUT2D eigenvalue weighted by atomic mass is 9.68. The lowest BCUT2D eigenvalue weighted by molar-refractivity contribution is -0.145. The van der Waals surface area contributed by atoms with E-state index in [4.69, 9.17) is 14.2 Å². The van der Waals surface area contributed by atoms with Crippen molar-refractivity contribution >= 4 is 11.9 Å². The van der Waals surface area contributed by atoms with Crippen molar-refractivity contribution in [1.29, 1.82) is 0 Å². The Morgan fingerprint density at radius 2 is 0.960 bits per heavy atom. The summed E-state index contributed by atoms with van der Waals surface area (Å²) in [6, 6.07) is 53.3. The molecule has 1 amide bonds. The van der Waals surface area contributed by atoms with Gasteiger partial charge < -0.3 is 19.5 Å². The van der Waals surface area contributed by atoms with Crippen LogP contribution in [0, 0.1) is 0 Å². The van der Waals surface area contributed by atoms with Crippen LogP contribution in [-0.4, -0.2) is 25.0 Å². The number of hydrogen-bond acceptors (Lipinski definition) is 5. The fraction of sp³-hybridized carbons (Fsp3) is 0.136. The summed E-state index contributed by atoms with van der Waals surface area (Å²) in [7, 11) is 1.33. The van der Waals surface area contributed by atoms with Gasteiger partial charge in [-0.1, -0.05) is 158 Å². The van der Waals surface area contributed by atoms with Crippen molar-refractivity contribution in [3.05, 3.63) is 203 Å². The third-order valence-electron chi connectivity index (χ3n) is 8.67. The Bertz CT molecular complexity index is 1870. The molecule has 50 heavy (non-hydrogen) atoms. The first kappa shape index (κ1) is 33.7. The SMILES string of the molecule is COC(=O)[C@@H](Cc1ccc(OCc2ccccc2)c(OCc2ccccc2)c1)NC(=O)C(c1ccccc1)(c1ccccc1)c1ccccc1. The average Bonchev–Trinajstić information content (AvgIpc) is 3.18. The summed E-state index contributed by atoms with van der Waals surface area (Å²) >= 11 is 0. The van der Waals surface area contributed by atoms with Gasteiger partial charge in [0.05, 0.1) is 7.11 Å². The molecule has 0 saturated heterocycles. The molecule has 0 saturated carbocycles. The van der Waals surface area contributed by atoms with Gasteiger partial charge in [0.1, 0.15) is 24.7 Å². The van der Waals surface area contributed by atoms with Crippen LogP contribution in [0.25, 0.3) is 0 Å². The highest BCUT2D eigenvalue weighted by Crippen LogP contribution is 2.40. The highest BCUT2D eigenvalue weighted by molar-refractivity contribution is 5.98. The predicted molar refractivity (Wildman–Crippen MR) is 195 cm³/mol. The van der Waals surface area contributed by atoms with E-state index in [9.17, 15) is 9.59 Å². The van der Waals surface area contributed by atoms with E-state index in [2.05, 4.69) is 5.32 Å². The van der Waals surface area contributed by atoms with Crippen molar-refractivity contribution in [3.8, 4) is 11.5 Å². The number of carbonyl (C=O) groups excluding carboxylic acids is 2. The summed E-state index contributed by atoms with van der Waals surface area (Å²) in [5.74, 6) is 0.199. The van der Waals surface area contributed by atoms with Crippen LogP contribution in [0.2, 0.25) is 0 Å². The number of esters is 1. The van der Waals surface area contributed by atoms with E-state index in [1.54, 1.807) is 0 Å². The van der Waals surface area contributed by atoms with Crippen LogP contribution in [0.15, 0.2) is 170 Å². The third-order valence-corrected chi connectivity index (χ3v) is 8.67. The molecule has 6 heteroatoms. The monoisotopic (exact) mass is 661 g/mol. The molecule has 6 rings (SSSR count). The summed E-state index contributed by atoms with van der Waals surface area (Å²) < 4.78 is 17.8. The summed E-state index contributed by atoms with van der Waals surface area (Å²) in [4.78, 5) is 28.3. The molecule has 6 aromatic rings. The Balaban J connectivity index is 1.34. The summed E-state index contributed by atoms with van der Waals surface area (Å²) in [6.07, 6.45) is 0.160. The molecule has 0 spiro atoms. The Morgan fingerprint density at radius 1 is 0.540 bits per heavy atom. The molecule has 0 aromatic heterocycles. The van der Waals surface area contributed by atoms with E-state index in [1.165, 1.54) is 7.11 Å². The molecule has 0 aliphatic rings. The first-order valence-corrected chi connectivity index (χ1v) is 16.6. The second-order valence-electron chi connectivity index (χ2n) is 11.9. The fourth-order valence-corrected chi connectivity index (χ4v) is 6.18. The number of carbonyl (C=O) groups is 2. The molecule has 0 bridgehead atoms. The van der Waals surface area contributed by atoms with Gasteiger partial charge in [-0.05, 0) is 45.5 Å². The normalized spacial score (nSPS) is 11.6. The molecule has 250 valence electrons. The van der Waals surface area contributed by atoms with Crippen LogP contribution >= 0.6 is 0 Å². The zero-order valence-electron chi connectivity index (χ0n) is 27.9. The topological polar surface area (TPSA) is 73.9 Å². The Labute approximate surface area is 293 Å². The van der Waals surface area contributed by atoms with Crippen LogP contribution in [0.1, 0.15) is 33.4 Å². The summed E-state index contributed by atoms with van der Waals surface area (Å²) in [5, 5.41) is 3.11. The first-order chi connectivity index (χ1) is 24.6. The smallest absolute Gasteiger partial charge is 0.328 e. The van der Waals surface area contributed by atoms with Crippen molar-refractivity contribution < 1.29 is 23.8 Å². The van der Waals surface area contributed by atoms with E-state index in [1.807, 2.05) is 170 Å². The van der Waals surface area contributed by atoms with Gasteiger partial charge in [0.15, 0.2) is 11.5 Å². The molecular weight excluding hydrogens is 622 g/mol. The minimum atomic E-state index is -1.25. The minimum absolute atomic E-state index is 0.160. The van der Waals surface area contributed by atoms with Crippen molar-refractivity contribution in [1.82, 2.24) is 5.32 Å². The molecule has 0 unspecified atom stereocenters. The van der Waals surface area contributed by atoms with Gasteiger partial charge in [0.25, 0.3) is 0 Å². The third kappa shape index (κ3) is 7.77. The molecule has 1 atom stereocenters. The second kappa shape index (κ2) is 16.3. The maximum Gasteiger partial charge on any atom is 0.328 e. The van der Waals surface area contributed by atoms with Crippen LogP contribution in [0.3, 0.4) is 0 Å². The molecule has 0 aliphatic heterocycles. The van der Waals surface area contributed by atoms with Gasteiger partial charge in [-0.15, -0.1) is 0 Å². The van der Waals surface area contributed by atoms with E-state index in [-0.39, 0.29) is 12.3 Å². The van der Waals surface area contributed by atoms with E-state index < -0.39 is 17.4 Å². The molecule has 6 nitrogen and oxygen atoms in total. The zero-order valence-corrected chi connectivity index (χ0v) is 27.9. The molecule has 0 heterocycles. The maximum atomic E-state index is 14.9. The highest BCUT2D eigenvalue weighted by Gasteiger charge is 2.45. The Kier molecular flexibility index (Phi) is 11.0. The largest absolute Gasteiger partial charge is 0.485 e. The van der Waals surface area contributed by atoms with Crippen LogP contribution in [0.4, 0.5) is 0 Å². The van der Waals surface area contributed by atoms with Gasteiger partial charge in [0.2, 0.25) is 5.91 Å². The predicted octanol–water partition coefficient (Wildman–Crippen LogP) is 8.08. The summed E-state index contributed by atoms with van der Waals surface area (Å²) in [5.41, 5.74) is 3.86. The van der Waals surface area contributed by atoms with Crippen LogP contribution in [-0.2, 0) is 39.4 Å². The van der Waals surface area contributed by atoms with Crippen molar-refractivity contribution in [3.63, 3.8) is 0 Å². The molecular formula is C44H39NO5. The van der Waals surface area contributed by atoms with Crippen LogP contribution in [0.5, 0.6) is 11.5 Å². The number of nitrogens with one attached hydrogen (secondary N) is 1. The van der Waals surface area contributed by atoms with Gasteiger partial charge in [-0.25, -0.2) is 4.79 Å². The van der Waals surface area contributed by atoms with Crippen LogP contribution < -0.4 is 14.8 Å². The van der Waals surface area contributed by atoms with Gasteiger partial charge >= 0.3 is 5.97 Å². The van der Waals surface area contributed by atoms with Gasteiger partial charge in [-0.2, -0.15) is 0 Å². The number of hydrogen-bond donors (Lipinski definition) is 1. The van der Waals surface area contributed by atoms with E-state index in [0.717, 1.165) is 33.4 Å². The number of rotatable bonds is 14. The zero-order chi connectivity index (χ0) is 34.6. The summed E-state index contributed by atoms with van der Waals surface area (Å²) in [6.45, 7) is 0.695. The standard InChI is InChI=1S/C44H39NO5/c1-48-42(46)39(45-43(47)44(36-21-11-4-12-22-36,37-23-13-5-14-24-37)38-25-15-6-16-26-38)29-35-27-28-40(49-31-33-17-7-2-8-18-33)41(30-35)50-32-34-19-9-3-10-20-34/h2-28,30,39H,29,31-32H2,1H3,(H,45,47)/t39-/m1/s1. The quantitative estimate of drug-likeness (QED) is 0.0944. The van der Waals surface area contributed by atoms with E-state index in [0.29, 0.717) is 24.7 Å². The number of amides is 1. The lowest BCUT2D eigenvalue weighted by Gasteiger charge is -2.35. The lowest BCUT2D eigenvalue weighted by Crippen LogP contribution is -2.52. The fourth-order valence-electron chi connectivity index (χ4n) is 6.18. The number of methoxy groups -OCH3 is 1. The van der Waals surface area contributed by atoms with Crippen molar-refractivity contribution in [2.45, 2.75) is 31.1 Å². The average molecular weight is 662 g/mol. The second-order valence-corrected chi connectivity index (χ2v) is 11.9. The molecule has 1 N–H and O–H groups in total. The van der Waals surface area contributed by atoms with Gasteiger partial charge in [0, 0.05) is 6.42 Å². The van der Waals surface area contributed by atoms with Crippen molar-refractivity contribution in [2.75, 3.05) is 7.11 Å². The highest BCUT2D eigenvalue weighted by atomic mass is 16.5. The van der Waals surface area contributed by atoms with Gasteiger partial charge in [-0.3, -0.25) is 4.79 Å². The first-order valence-electron chi connectivity index (χ1n) is 16.6. The number of ether oxygens (including phenoxy) is 3. The van der Waals surface area contributed by atoms with Crippen molar-refractivity contribution in [2.24, 2.45) is 0 Å². The maximum absolute atomic E-state index is 14.9. The Hall–Kier alpha value is -6.14. The Morgan fingerprint density at radius 3 is 1.40 bits per heavy atom. The van der Waals surface area contributed by atoms with E-state index >= 15 is 0 Å². The number of benzene rings is 6. The molecule has 0 aliphatic carbocycles. The molecule has 0 radical (unpaired) electrons. The minimum Gasteiger partial charge on any atom is -0.485 e.